The molecule has 1 N–H and O–H groups in total. The molecule has 1 amide bonds. The van der Waals surface area contributed by atoms with Crippen molar-refractivity contribution in [3.05, 3.63) is 39.3 Å². The molecule has 0 aromatic carbocycles. The number of nitro groups is 1. The zero-order valence-electron chi connectivity index (χ0n) is 13.8. The number of nitrogens with one attached hydrogen (secondary N) is 1. The number of amides is 1. The van der Waals surface area contributed by atoms with Gasteiger partial charge in [-0.05, 0) is 32.6 Å². The third-order valence-electron chi connectivity index (χ3n) is 3.72. The number of hydrogen-bond acceptors (Lipinski definition) is 5. The highest BCUT2D eigenvalue weighted by molar-refractivity contribution is 5.80. The van der Waals surface area contributed by atoms with E-state index in [1.54, 1.807) is 18.5 Å². The van der Waals surface area contributed by atoms with Crippen molar-refractivity contribution in [1.29, 1.82) is 0 Å². The Kier molecular flexibility index (Phi) is 4.48. The molecule has 2 aromatic rings. The monoisotopic (exact) mass is 320 g/mol. The van der Waals surface area contributed by atoms with Crippen molar-refractivity contribution in [2.75, 3.05) is 0 Å². The number of nitrogens with zero attached hydrogens (tertiary/aromatic N) is 5. The molecule has 2 aromatic heterocycles. The fraction of sp³-hybridized carbons (Fsp3) is 0.500. The summed E-state index contributed by atoms with van der Waals surface area (Å²) in [5, 5.41) is 21.8. The van der Waals surface area contributed by atoms with Crippen LogP contribution in [0.3, 0.4) is 0 Å². The second kappa shape index (κ2) is 6.19. The average Bonchev–Trinajstić information content (AvgIpc) is 3.00. The summed E-state index contributed by atoms with van der Waals surface area (Å²) in [6.07, 6.45) is 1.86. The Hall–Kier alpha value is -2.71. The summed E-state index contributed by atoms with van der Waals surface area (Å²) in [7, 11) is 1.82. The minimum absolute atomic E-state index is 0.218. The maximum atomic E-state index is 12.4. The molecule has 0 aliphatic rings. The lowest BCUT2D eigenvalue weighted by Crippen LogP contribution is -2.34. The molecule has 0 spiro atoms. The quantitative estimate of drug-likeness (QED) is 0.664. The molecule has 0 aliphatic heterocycles. The summed E-state index contributed by atoms with van der Waals surface area (Å²) in [4.78, 5) is 22.6. The number of carbonyl (C=O) groups excluding carboxylic acids is 1. The molecular weight excluding hydrogens is 300 g/mol. The highest BCUT2D eigenvalue weighted by Crippen LogP contribution is 2.19. The van der Waals surface area contributed by atoms with Crippen LogP contribution < -0.4 is 5.32 Å². The predicted octanol–water partition coefficient (Wildman–Crippen LogP) is 1.58. The highest BCUT2D eigenvalue weighted by Gasteiger charge is 2.26. The molecule has 0 aliphatic carbocycles. The summed E-state index contributed by atoms with van der Waals surface area (Å²) in [5.41, 5.74) is 2.33. The largest absolute Gasteiger partial charge is 0.390 e. The minimum Gasteiger partial charge on any atom is -0.358 e. The molecule has 0 radical (unpaired) electrons. The molecule has 2 atom stereocenters. The molecule has 9 heteroatoms. The summed E-state index contributed by atoms with van der Waals surface area (Å²) in [5.74, 6) is -0.528. The maximum Gasteiger partial charge on any atom is 0.390 e. The van der Waals surface area contributed by atoms with Gasteiger partial charge in [-0.1, -0.05) is 0 Å². The van der Waals surface area contributed by atoms with Crippen LogP contribution >= 0.6 is 0 Å². The van der Waals surface area contributed by atoms with Crippen LogP contribution in [0, 0.1) is 24.0 Å². The molecular formula is C14H20N6O3. The maximum absolute atomic E-state index is 12.4. The van der Waals surface area contributed by atoms with Gasteiger partial charge in [0, 0.05) is 18.8 Å². The van der Waals surface area contributed by atoms with Crippen molar-refractivity contribution < 1.29 is 9.72 Å². The third kappa shape index (κ3) is 3.38. The van der Waals surface area contributed by atoms with E-state index in [9.17, 15) is 14.9 Å². The number of rotatable bonds is 5. The number of hydrogen-bond donors (Lipinski definition) is 1. The molecule has 0 bridgehead atoms. The second-order valence-corrected chi connectivity index (χ2v) is 5.60. The molecule has 2 unspecified atom stereocenters. The fourth-order valence-corrected chi connectivity index (χ4v) is 2.52. The van der Waals surface area contributed by atoms with Gasteiger partial charge in [0.2, 0.25) is 5.91 Å². The number of carbonyl (C=O) groups is 1. The lowest BCUT2D eigenvalue weighted by atomic mass is 10.1. The molecule has 9 nitrogen and oxygen atoms in total. The number of aromatic nitrogens is 4. The van der Waals surface area contributed by atoms with E-state index in [4.69, 9.17) is 0 Å². The smallest absolute Gasteiger partial charge is 0.358 e. The standard InChI is InChI=1S/C14H20N6O3/c1-8-6-13(20(22)23)17-19(8)11(4)14(21)15-9(2)12-7-18(5)16-10(12)3/h6-7,9,11H,1-5H3,(H,15,21). The van der Waals surface area contributed by atoms with E-state index < -0.39 is 11.0 Å². The van der Waals surface area contributed by atoms with E-state index >= 15 is 0 Å². The number of aryl methyl sites for hydroxylation is 3. The molecule has 2 heterocycles. The van der Waals surface area contributed by atoms with Gasteiger partial charge in [0.25, 0.3) is 0 Å². The second-order valence-electron chi connectivity index (χ2n) is 5.60. The Balaban J connectivity index is 2.14. The lowest BCUT2D eigenvalue weighted by Gasteiger charge is -2.16. The van der Waals surface area contributed by atoms with Gasteiger partial charge in [0.05, 0.1) is 28.6 Å². The van der Waals surface area contributed by atoms with Crippen LogP contribution in [0.5, 0.6) is 0 Å². The Morgan fingerprint density at radius 1 is 1.35 bits per heavy atom. The minimum atomic E-state index is -0.650. The van der Waals surface area contributed by atoms with Gasteiger partial charge in [0.1, 0.15) is 6.04 Å². The molecule has 2 rings (SSSR count). The van der Waals surface area contributed by atoms with E-state index in [1.807, 2.05) is 27.1 Å². The van der Waals surface area contributed by atoms with E-state index in [1.165, 1.54) is 10.7 Å². The van der Waals surface area contributed by atoms with Gasteiger partial charge in [-0.25, -0.2) is 0 Å². The highest BCUT2D eigenvalue weighted by atomic mass is 16.6. The fourth-order valence-electron chi connectivity index (χ4n) is 2.52. The van der Waals surface area contributed by atoms with Gasteiger partial charge in [0.15, 0.2) is 0 Å². The van der Waals surface area contributed by atoms with Crippen molar-refractivity contribution in [1.82, 2.24) is 24.9 Å². The average molecular weight is 320 g/mol. The first kappa shape index (κ1) is 16.7. The SMILES string of the molecule is Cc1nn(C)cc1C(C)NC(=O)C(C)n1nc([N+](=O)[O-])cc1C. The first-order chi connectivity index (χ1) is 10.7. The van der Waals surface area contributed by atoms with Crippen LogP contribution in [0.1, 0.15) is 42.9 Å². The van der Waals surface area contributed by atoms with Crippen LogP contribution in [0.15, 0.2) is 12.3 Å². The molecule has 124 valence electrons. The van der Waals surface area contributed by atoms with Gasteiger partial charge >= 0.3 is 5.82 Å². The first-order valence-electron chi connectivity index (χ1n) is 7.21. The van der Waals surface area contributed by atoms with E-state index in [2.05, 4.69) is 15.5 Å². The van der Waals surface area contributed by atoms with Crippen molar-refractivity contribution in [3.8, 4) is 0 Å². The Morgan fingerprint density at radius 2 is 2.00 bits per heavy atom. The Morgan fingerprint density at radius 3 is 2.48 bits per heavy atom. The van der Waals surface area contributed by atoms with Crippen molar-refractivity contribution in [2.45, 2.75) is 39.8 Å². The van der Waals surface area contributed by atoms with E-state index in [-0.39, 0.29) is 17.8 Å². The van der Waals surface area contributed by atoms with Crippen LogP contribution in [0.25, 0.3) is 0 Å². The summed E-state index contributed by atoms with van der Waals surface area (Å²) < 4.78 is 3.05. The molecule has 0 saturated heterocycles. The van der Waals surface area contributed by atoms with Crippen LogP contribution in [0.2, 0.25) is 0 Å². The van der Waals surface area contributed by atoms with Gasteiger partial charge in [-0.3, -0.25) is 9.48 Å². The van der Waals surface area contributed by atoms with Crippen LogP contribution in [-0.2, 0) is 11.8 Å². The van der Waals surface area contributed by atoms with Crippen LogP contribution in [-0.4, -0.2) is 30.4 Å². The third-order valence-corrected chi connectivity index (χ3v) is 3.72. The van der Waals surface area contributed by atoms with Crippen molar-refractivity contribution >= 4 is 11.7 Å². The summed E-state index contributed by atoms with van der Waals surface area (Å²) >= 11 is 0. The summed E-state index contributed by atoms with van der Waals surface area (Å²) in [6.45, 7) is 7.08. The predicted molar refractivity (Wildman–Crippen MR) is 82.8 cm³/mol. The van der Waals surface area contributed by atoms with Gasteiger partial charge < -0.3 is 15.4 Å². The molecule has 0 saturated carbocycles. The Bertz CT molecular complexity index is 748. The topological polar surface area (TPSA) is 108 Å². The normalized spacial score (nSPS) is 13.6. The van der Waals surface area contributed by atoms with Gasteiger partial charge in [-0.2, -0.15) is 9.78 Å². The van der Waals surface area contributed by atoms with Crippen LogP contribution in [0.4, 0.5) is 5.82 Å². The van der Waals surface area contributed by atoms with Crippen molar-refractivity contribution in [2.24, 2.45) is 7.05 Å². The Labute approximate surface area is 133 Å². The van der Waals surface area contributed by atoms with E-state index in [0.29, 0.717) is 5.69 Å². The van der Waals surface area contributed by atoms with Gasteiger partial charge in [-0.15, -0.1) is 0 Å². The van der Waals surface area contributed by atoms with Crippen molar-refractivity contribution in [3.63, 3.8) is 0 Å². The molecule has 0 fully saturated rings. The first-order valence-corrected chi connectivity index (χ1v) is 7.21. The summed E-state index contributed by atoms with van der Waals surface area (Å²) in [6, 6.07) is 0.478. The molecule has 23 heavy (non-hydrogen) atoms. The zero-order valence-corrected chi connectivity index (χ0v) is 13.8. The lowest BCUT2D eigenvalue weighted by molar-refractivity contribution is -0.389. The zero-order chi connectivity index (χ0) is 17.3. The van der Waals surface area contributed by atoms with E-state index in [0.717, 1.165) is 11.3 Å².